The minimum atomic E-state index is -3.36. The molecule has 196 valence electrons. The first-order chi connectivity index (χ1) is 18.8. The van der Waals surface area contributed by atoms with Crippen molar-refractivity contribution in [3.63, 3.8) is 0 Å². The normalized spacial score (nSPS) is 13.5. The number of fused-ring (bicyclic) bond motifs is 1. The number of para-hydroxylation sites is 1. The molecule has 0 bridgehead atoms. The number of nitrogens with zero attached hydrogens (tertiary/aromatic N) is 4. The zero-order valence-corrected chi connectivity index (χ0v) is 21.3. The number of imidazole rings is 1. The summed E-state index contributed by atoms with van der Waals surface area (Å²) in [7, 11) is -3.36. The van der Waals surface area contributed by atoms with Crippen molar-refractivity contribution in [2.75, 3.05) is 13.0 Å². The maximum Gasteiger partial charge on any atom is 0.192 e. The number of H-pyrrole nitrogens is 1. The number of ether oxygens (including phenoxy) is 2. The molecule has 2 N–H and O–H groups in total. The van der Waals surface area contributed by atoms with Gasteiger partial charge in [-0.1, -0.05) is 18.2 Å². The molecule has 0 saturated carbocycles. The minimum Gasteiger partial charge on any atom is -0.453 e. The van der Waals surface area contributed by atoms with E-state index in [4.69, 9.17) is 14.3 Å². The highest BCUT2D eigenvalue weighted by molar-refractivity contribution is 7.90. The van der Waals surface area contributed by atoms with Crippen molar-refractivity contribution in [1.29, 1.82) is 0 Å². The van der Waals surface area contributed by atoms with Crippen LogP contribution in [0.25, 0.3) is 22.6 Å². The largest absolute Gasteiger partial charge is 0.453 e. The van der Waals surface area contributed by atoms with Crippen molar-refractivity contribution in [2.45, 2.75) is 4.90 Å². The van der Waals surface area contributed by atoms with Gasteiger partial charge in [-0.2, -0.15) is 0 Å². The molecule has 6 rings (SSSR count). The van der Waals surface area contributed by atoms with Gasteiger partial charge in [0.2, 0.25) is 0 Å². The SMILES string of the molecule is CS(=O)(=O)c1ccc(Oc2cc3[nH]c(-c4ccccn4)nc3cc2Oc2ccccc2C2=NCON2O)cc1. The van der Waals surface area contributed by atoms with Gasteiger partial charge in [0, 0.05) is 24.6 Å². The highest BCUT2D eigenvalue weighted by Gasteiger charge is 2.23. The second-order valence-electron chi connectivity index (χ2n) is 8.57. The van der Waals surface area contributed by atoms with E-state index in [0.29, 0.717) is 56.3 Å². The summed E-state index contributed by atoms with van der Waals surface area (Å²) >= 11 is 0. The molecule has 1 aliphatic heterocycles. The van der Waals surface area contributed by atoms with E-state index in [-0.39, 0.29) is 17.5 Å². The Morgan fingerprint density at radius 1 is 0.949 bits per heavy atom. The van der Waals surface area contributed by atoms with E-state index in [1.54, 1.807) is 54.7 Å². The van der Waals surface area contributed by atoms with Crippen LogP contribution in [0.2, 0.25) is 0 Å². The van der Waals surface area contributed by atoms with Gasteiger partial charge >= 0.3 is 0 Å². The zero-order valence-electron chi connectivity index (χ0n) is 20.5. The first-order valence-electron chi connectivity index (χ1n) is 11.7. The molecule has 0 fully saturated rings. The second kappa shape index (κ2) is 9.83. The predicted molar refractivity (Wildman–Crippen MR) is 142 cm³/mol. The Morgan fingerprint density at radius 2 is 1.72 bits per heavy atom. The number of rotatable bonds is 7. The Bertz CT molecular complexity index is 1800. The highest BCUT2D eigenvalue weighted by atomic mass is 32.2. The molecule has 0 spiro atoms. The topological polar surface area (TPSA) is 139 Å². The van der Waals surface area contributed by atoms with Crippen LogP contribution in [-0.2, 0) is 14.7 Å². The average Bonchev–Trinajstić information content (AvgIpc) is 3.55. The molecule has 0 atom stereocenters. The summed E-state index contributed by atoms with van der Waals surface area (Å²) in [4.78, 5) is 21.6. The lowest BCUT2D eigenvalue weighted by Crippen LogP contribution is -2.22. The number of hydroxylamine groups is 2. The molecule has 0 aliphatic carbocycles. The van der Waals surface area contributed by atoms with Gasteiger partial charge in [-0.15, -0.1) is 5.23 Å². The van der Waals surface area contributed by atoms with Crippen LogP contribution in [0.4, 0.5) is 0 Å². The molecule has 1 aliphatic rings. The molecule has 39 heavy (non-hydrogen) atoms. The maximum atomic E-state index is 11.9. The monoisotopic (exact) mass is 543 g/mol. The first-order valence-corrected chi connectivity index (χ1v) is 13.6. The standard InChI is InChI=1S/C27H21N5O6S/c1-39(34,35)18-11-9-17(10-12-18)37-24-14-21-22(31-26(30-21)20-7-4-5-13-28-20)15-25(24)38-23-8-3-2-6-19(23)27-29-16-36-32(27)33/h2-15,33H,16H2,1H3,(H,30,31). The lowest BCUT2D eigenvalue weighted by atomic mass is 10.2. The van der Waals surface area contributed by atoms with Gasteiger partial charge in [-0.25, -0.2) is 23.2 Å². The van der Waals surface area contributed by atoms with Crippen LogP contribution in [0.3, 0.4) is 0 Å². The summed E-state index contributed by atoms with van der Waals surface area (Å²) in [5.74, 6) is 2.22. The molecule has 2 aromatic heterocycles. The van der Waals surface area contributed by atoms with Crippen LogP contribution in [0.5, 0.6) is 23.0 Å². The Morgan fingerprint density at radius 3 is 2.44 bits per heavy atom. The van der Waals surface area contributed by atoms with E-state index in [1.807, 2.05) is 18.2 Å². The van der Waals surface area contributed by atoms with Gasteiger partial charge < -0.3 is 14.5 Å². The van der Waals surface area contributed by atoms with Gasteiger partial charge in [0.05, 0.1) is 21.5 Å². The number of hydrogen-bond acceptors (Lipinski definition) is 10. The molecule has 0 saturated heterocycles. The van der Waals surface area contributed by atoms with Crippen molar-refractivity contribution >= 4 is 26.7 Å². The van der Waals surface area contributed by atoms with Gasteiger partial charge in [0.25, 0.3) is 0 Å². The maximum absolute atomic E-state index is 11.9. The molecule has 3 heterocycles. The van der Waals surface area contributed by atoms with Crippen LogP contribution in [0.15, 0.2) is 94.9 Å². The number of hydrogen-bond donors (Lipinski definition) is 2. The fraction of sp³-hybridized carbons (Fsp3) is 0.0741. The summed E-state index contributed by atoms with van der Waals surface area (Å²) in [5.41, 5.74) is 2.45. The zero-order chi connectivity index (χ0) is 27.0. The molecule has 0 unspecified atom stereocenters. The van der Waals surface area contributed by atoms with E-state index < -0.39 is 9.84 Å². The third-order valence-electron chi connectivity index (χ3n) is 5.86. The number of pyridine rings is 1. The number of amidine groups is 1. The minimum absolute atomic E-state index is 0.0203. The van der Waals surface area contributed by atoms with Crippen LogP contribution in [-0.4, -0.2) is 52.6 Å². The first kappa shape index (κ1) is 24.6. The molecule has 3 aromatic carbocycles. The predicted octanol–water partition coefficient (Wildman–Crippen LogP) is 4.95. The molecule has 12 heteroatoms. The van der Waals surface area contributed by atoms with Gasteiger partial charge in [-0.3, -0.25) is 10.2 Å². The summed E-state index contributed by atoms with van der Waals surface area (Å²) in [5, 5.41) is 10.6. The summed E-state index contributed by atoms with van der Waals surface area (Å²) < 4.78 is 36.2. The lowest BCUT2D eigenvalue weighted by Gasteiger charge is -2.16. The highest BCUT2D eigenvalue weighted by Crippen LogP contribution is 2.39. The Hall–Kier alpha value is -4.78. The molecule has 0 radical (unpaired) electrons. The Labute approximate surface area is 222 Å². The quantitative estimate of drug-likeness (QED) is 0.292. The van der Waals surface area contributed by atoms with E-state index in [0.717, 1.165) is 6.26 Å². The van der Waals surface area contributed by atoms with Crippen molar-refractivity contribution in [3.05, 3.63) is 90.6 Å². The van der Waals surface area contributed by atoms with Crippen molar-refractivity contribution in [3.8, 4) is 34.5 Å². The number of aliphatic imine (C=N–C) groups is 1. The molecule has 5 aromatic rings. The Balaban J connectivity index is 1.43. The molecular weight excluding hydrogens is 522 g/mol. The van der Waals surface area contributed by atoms with Crippen molar-refractivity contribution in [2.24, 2.45) is 4.99 Å². The van der Waals surface area contributed by atoms with E-state index >= 15 is 0 Å². The van der Waals surface area contributed by atoms with Crippen LogP contribution in [0, 0.1) is 0 Å². The fourth-order valence-corrected chi connectivity index (χ4v) is 4.63. The molecule has 11 nitrogen and oxygen atoms in total. The summed E-state index contributed by atoms with van der Waals surface area (Å²) in [6, 6.07) is 22.1. The van der Waals surface area contributed by atoms with Crippen LogP contribution < -0.4 is 9.47 Å². The average molecular weight is 544 g/mol. The molecule has 0 amide bonds. The Kier molecular flexibility index (Phi) is 6.19. The number of benzene rings is 3. The second-order valence-corrected chi connectivity index (χ2v) is 10.6. The summed E-state index contributed by atoms with van der Waals surface area (Å²) in [6.07, 6.45) is 2.83. The van der Waals surface area contributed by atoms with Gasteiger partial charge in [0.15, 0.2) is 39.7 Å². The van der Waals surface area contributed by atoms with Gasteiger partial charge in [0.1, 0.15) is 17.2 Å². The number of aromatic nitrogens is 3. The van der Waals surface area contributed by atoms with Crippen LogP contribution >= 0.6 is 0 Å². The lowest BCUT2D eigenvalue weighted by molar-refractivity contribution is -0.268. The van der Waals surface area contributed by atoms with Crippen LogP contribution in [0.1, 0.15) is 5.56 Å². The van der Waals surface area contributed by atoms with Crippen molar-refractivity contribution < 1.29 is 27.9 Å². The van der Waals surface area contributed by atoms with E-state index in [1.165, 1.54) is 12.1 Å². The third kappa shape index (κ3) is 5.03. The van der Waals surface area contributed by atoms with Crippen molar-refractivity contribution in [1.82, 2.24) is 20.2 Å². The summed E-state index contributed by atoms with van der Waals surface area (Å²) in [6.45, 7) is -0.0203. The smallest absolute Gasteiger partial charge is 0.192 e. The number of aromatic amines is 1. The fourth-order valence-electron chi connectivity index (χ4n) is 4.00. The number of sulfone groups is 1. The van der Waals surface area contributed by atoms with E-state index in [2.05, 4.69) is 19.9 Å². The number of nitrogens with one attached hydrogen (secondary N) is 1. The van der Waals surface area contributed by atoms with E-state index in [9.17, 15) is 13.6 Å². The van der Waals surface area contributed by atoms with Gasteiger partial charge in [-0.05, 0) is 48.5 Å². The molecular formula is C27H21N5O6S. The third-order valence-corrected chi connectivity index (χ3v) is 6.99.